The summed E-state index contributed by atoms with van der Waals surface area (Å²) >= 11 is 0. The number of rotatable bonds is 1. The van der Waals surface area contributed by atoms with E-state index >= 15 is 0 Å². The number of aromatic hydroxyl groups is 4. The van der Waals surface area contributed by atoms with Crippen LogP contribution in [0.5, 0.6) is 23.0 Å². The van der Waals surface area contributed by atoms with Gasteiger partial charge in [-0.2, -0.15) is 0 Å². The van der Waals surface area contributed by atoms with E-state index in [0.717, 1.165) is 0 Å². The van der Waals surface area contributed by atoms with Crippen molar-refractivity contribution in [2.24, 2.45) is 0 Å². The van der Waals surface area contributed by atoms with E-state index in [0.29, 0.717) is 0 Å². The molecule has 0 unspecified atom stereocenters. The lowest BCUT2D eigenvalue weighted by molar-refractivity contribution is -0.387. The monoisotopic (exact) mass is 202 g/mol. The van der Waals surface area contributed by atoms with Crippen LogP contribution in [0.25, 0.3) is 0 Å². The van der Waals surface area contributed by atoms with Gasteiger partial charge in [-0.05, 0) is 0 Å². The van der Waals surface area contributed by atoms with Gasteiger partial charge < -0.3 is 26.2 Å². The van der Waals surface area contributed by atoms with Gasteiger partial charge in [0.05, 0.1) is 4.92 Å². The van der Waals surface area contributed by atoms with Crippen LogP contribution in [0, 0.1) is 10.1 Å². The molecule has 14 heavy (non-hydrogen) atoms. The molecule has 0 radical (unpaired) electrons. The molecule has 8 heteroatoms. The average Bonchev–Trinajstić information content (AvgIpc) is 2.11. The van der Waals surface area contributed by atoms with E-state index in [1.807, 2.05) is 0 Å². The molecule has 0 amide bonds. The molecular weight excluding hydrogens is 196 g/mol. The molecule has 0 saturated carbocycles. The van der Waals surface area contributed by atoms with Crippen LogP contribution in [0.4, 0.5) is 11.4 Å². The molecular formula is C6H6N2O6. The first kappa shape index (κ1) is 9.71. The number of hydrogen-bond donors (Lipinski definition) is 5. The van der Waals surface area contributed by atoms with Crippen LogP contribution in [0.3, 0.4) is 0 Å². The molecule has 0 saturated heterocycles. The number of nitro groups is 1. The Morgan fingerprint density at radius 3 is 1.64 bits per heavy atom. The number of nitro benzene ring substituents is 1. The lowest BCUT2D eigenvalue weighted by Crippen LogP contribution is -1.94. The Labute approximate surface area is 76.6 Å². The second kappa shape index (κ2) is 2.83. The molecule has 8 nitrogen and oxygen atoms in total. The zero-order valence-electron chi connectivity index (χ0n) is 6.63. The van der Waals surface area contributed by atoms with Crippen molar-refractivity contribution in [2.75, 3.05) is 5.73 Å². The number of nitrogen functional groups attached to an aromatic ring is 1. The van der Waals surface area contributed by atoms with Crippen molar-refractivity contribution in [2.45, 2.75) is 0 Å². The second-order valence-electron chi connectivity index (χ2n) is 2.41. The highest BCUT2D eigenvalue weighted by Crippen LogP contribution is 2.52. The van der Waals surface area contributed by atoms with E-state index in [2.05, 4.69) is 0 Å². The largest absolute Gasteiger partial charge is 0.503 e. The minimum atomic E-state index is -1.20. The summed E-state index contributed by atoms with van der Waals surface area (Å²) in [6.45, 7) is 0. The summed E-state index contributed by atoms with van der Waals surface area (Å²) in [5, 5.41) is 46.3. The van der Waals surface area contributed by atoms with Crippen molar-refractivity contribution in [3.8, 4) is 23.0 Å². The zero-order chi connectivity index (χ0) is 11.0. The average molecular weight is 202 g/mol. The van der Waals surface area contributed by atoms with Crippen LogP contribution in [0.1, 0.15) is 0 Å². The number of phenolic OH excluding ortho intramolecular Hbond substituents is 4. The Kier molecular flexibility index (Phi) is 1.97. The standard InChI is InChI=1S/C6H6N2O6/c7-1-3(9)5(11)2(8(13)14)6(12)4(1)10/h9-12H,7H2. The van der Waals surface area contributed by atoms with Gasteiger partial charge in [0.25, 0.3) is 0 Å². The van der Waals surface area contributed by atoms with Crippen molar-refractivity contribution >= 4 is 11.4 Å². The van der Waals surface area contributed by atoms with Crippen LogP contribution in [0.15, 0.2) is 0 Å². The predicted molar refractivity (Wildman–Crippen MR) is 44.2 cm³/mol. The molecule has 0 aliphatic carbocycles. The first-order valence-electron chi connectivity index (χ1n) is 3.27. The minimum Gasteiger partial charge on any atom is -0.503 e. The molecule has 0 aliphatic heterocycles. The van der Waals surface area contributed by atoms with Gasteiger partial charge in [-0.25, -0.2) is 0 Å². The summed E-state index contributed by atoms with van der Waals surface area (Å²) in [7, 11) is 0. The molecule has 0 heterocycles. The Morgan fingerprint density at radius 1 is 1.00 bits per heavy atom. The van der Waals surface area contributed by atoms with Gasteiger partial charge in [-0.15, -0.1) is 0 Å². The van der Waals surface area contributed by atoms with Crippen LogP contribution in [-0.2, 0) is 0 Å². The number of benzene rings is 1. The lowest BCUT2D eigenvalue weighted by atomic mass is 10.2. The number of nitrogens with zero attached hydrogens (tertiary/aromatic N) is 1. The van der Waals surface area contributed by atoms with Crippen LogP contribution >= 0.6 is 0 Å². The first-order chi connectivity index (χ1) is 6.37. The molecule has 0 atom stereocenters. The number of phenols is 4. The normalized spacial score (nSPS) is 10.0. The van der Waals surface area contributed by atoms with Crippen molar-refractivity contribution in [1.29, 1.82) is 0 Å². The van der Waals surface area contributed by atoms with Crippen molar-refractivity contribution in [3.05, 3.63) is 10.1 Å². The first-order valence-corrected chi connectivity index (χ1v) is 3.27. The summed E-state index contributed by atoms with van der Waals surface area (Å²) < 4.78 is 0. The van der Waals surface area contributed by atoms with Gasteiger partial charge in [0, 0.05) is 0 Å². The molecule has 1 aromatic carbocycles. The smallest absolute Gasteiger partial charge is 0.359 e. The molecule has 76 valence electrons. The lowest BCUT2D eigenvalue weighted by Gasteiger charge is -2.06. The summed E-state index contributed by atoms with van der Waals surface area (Å²) in [5.41, 5.74) is 3.08. The highest BCUT2D eigenvalue weighted by Gasteiger charge is 2.30. The fraction of sp³-hybridized carbons (Fsp3) is 0. The third-order valence-corrected chi connectivity index (χ3v) is 1.59. The zero-order valence-corrected chi connectivity index (χ0v) is 6.63. The molecule has 1 rings (SSSR count). The van der Waals surface area contributed by atoms with E-state index < -0.39 is 39.3 Å². The van der Waals surface area contributed by atoms with Gasteiger partial charge in [0.1, 0.15) is 5.69 Å². The maximum Gasteiger partial charge on any atom is 0.359 e. The fourth-order valence-electron chi connectivity index (χ4n) is 0.877. The third-order valence-electron chi connectivity index (χ3n) is 1.59. The Morgan fingerprint density at radius 2 is 1.36 bits per heavy atom. The Balaban J connectivity index is 3.68. The van der Waals surface area contributed by atoms with Gasteiger partial charge in [-0.3, -0.25) is 10.1 Å². The molecule has 0 aliphatic rings. The summed E-state index contributed by atoms with van der Waals surface area (Å²) in [6.07, 6.45) is 0. The van der Waals surface area contributed by atoms with E-state index in [4.69, 9.17) is 26.2 Å². The fourth-order valence-corrected chi connectivity index (χ4v) is 0.877. The maximum absolute atomic E-state index is 10.3. The highest BCUT2D eigenvalue weighted by atomic mass is 16.6. The summed E-state index contributed by atoms with van der Waals surface area (Å²) in [6, 6.07) is 0. The van der Waals surface area contributed by atoms with E-state index in [9.17, 15) is 10.1 Å². The maximum atomic E-state index is 10.3. The summed E-state index contributed by atoms with van der Waals surface area (Å²) in [4.78, 5) is 9.12. The highest BCUT2D eigenvalue weighted by molar-refractivity contribution is 5.80. The van der Waals surface area contributed by atoms with Crippen molar-refractivity contribution in [1.82, 2.24) is 0 Å². The third kappa shape index (κ3) is 1.09. The minimum absolute atomic E-state index is 0.731. The molecule has 0 aromatic heterocycles. The SMILES string of the molecule is Nc1c(O)c(O)c([N+](=O)[O-])c(O)c1O. The number of nitrogens with two attached hydrogens (primary N) is 1. The van der Waals surface area contributed by atoms with Gasteiger partial charge in [0.2, 0.25) is 11.5 Å². The van der Waals surface area contributed by atoms with Crippen molar-refractivity contribution < 1.29 is 25.3 Å². The second-order valence-corrected chi connectivity index (χ2v) is 2.41. The van der Waals surface area contributed by atoms with Crippen LogP contribution in [-0.4, -0.2) is 25.3 Å². The van der Waals surface area contributed by atoms with Gasteiger partial charge in [0.15, 0.2) is 11.5 Å². The van der Waals surface area contributed by atoms with Gasteiger partial charge in [-0.1, -0.05) is 0 Å². The van der Waals surface area contributed by atoms with Crippen LogP contribution in [0.2, 0.25) is 0 Å². The quantitative estimate of drug-likeness (QED) is 0.141. The summed E-state index contributed by atoms with van der Waals surface area (Å²) in [5.74, 6) is -4.48. The number of anilines is 1. The van der Waals surface area contributed by atoms with E-state index in [1.54, 1.807) is 0 Å². The topological polar surface area (TPSA) is 150 Å². The molecule has 6 N–H and O–H groups in total. The Bertz CT molecular complexity index is 386. The van der Waals surface area contributed by atoms with E-state index in [1.165, 1.54) is 0 Å². The van der Waals surface area contributed by atoms with E-state index in [-0.39, 0.29) is 0 Å². The van der Waals surface area contributed by atoms with Crippen molar-refractivity contribution in [3.63, 3.8) is 0 Å². The Hall–Kier alpha value is -2.38. The predicted octanol–water partition coefficient (Wildman–Crippen LogP) is -0.000600. The van der Waals surface area contributed by atoms with Crippen LogP contribution < -0.4 is 5.73 Å². The molecule has 0 bridgehead atoms. The number of hydrogen-bond acceptors (Lipinski definition) is 7. The molecule has 1 aromatic rings. The molecule has 0 fully saturated rings. The van der Waals surface area contributed by atoms with Gasteiger partial charge >= 0.3 is 5.69 Å². The molecule has 0 spiro atoms.